The van der Waals surface area contributed by atoms with E-state index in [2.05, 4.69) is 44.0 Å². The van der Waals surface area contributed by atoms with Gasteiger partial charge in [0.25, 0.3) is 0 Å². The van der Waals surface area contributed by atoms with Crippen molar-refractivity contribution in [2.45, 2.75) is 58.3 Å². The van der Waals surface area contributed by atoms with Gasteiger partial charge >= 0.3 is 0 Å². The number of benzene rings is 1. The molecule has 0 N–H and O–H groups in total. The predicted octanol–water partition coefficient (Wildman–Crippen LogP) is 5.02. The van der Waals surface area contributed by atoms with Gasteiger partial charge in [-0.05, 0) is 53.2 Å². The number of hydrogen-bond donors (Lipinski definition) is 0. The Balaban J connectivity index is 2.11. The predicted molar refractivity (Wildman–Crippen MR) is 108 cm³/mol. The third kappa shape index (κ3) is 2.52. The number of nitrogens with zero attached hydrogens (tertiary/aromatic N) is 1. The Bertz CT molecular complexity index is 1020. The number of pyridine rings is 1. The molecule has 0 saturated heterocycles. The highest BCUT2D eigenvalue weighted by Gasteiger charge is 2.51. The molecule has 1 atom stereocenters. The van der Waals surface area contributed by atoms with Gasteiger partial charge in [0.2, 0.25) is 0 Å². The molecule has 0 saturated carbocycles. The van der Waals surface area contributed by atoms with Gasteiger partial charge in [-0.1, -0.05) is 45.0 Å². The molecule has 3 heteroatoms. The standard InChI is InChI=1S/C24H25NO2/c1-14(26)12-24-13-20(27)15(2)21(24)18-11-16(23(3,4)5)8-9-17(18)22-19(24)7-6-10-25-22/h6-11H,12-13H2,1-5H3. The minimum absolute atomic E-state index is 0.000261. The molecule has 0 spiro atoms. The molecule has 3 nitrogen and oxygen atoms in total. The molecule has 1 unspecified atom stereocenters. The molecular weight excluding hydrogens is 334 g/mol. The number of allylic oxidation sites excluding steroid dienone is 2. The zero-order valence-electron chi connectivity index (χ0n) is 16.6. The van der Waals surface area contributed by atoms with Gasteiger partial charge in [0.15, 0.2) is 5.78 Å². The fourth-order valence-corrected chi connectivity index (χ4v) is 4.78. The van der Waals surface area contributed by atoms with Crippen LogP contribution >= 0.6 is 0 Å². The summed E-state index contributed by atoms with van der Waals surface area (Å²) in [4.78, 5) is 29.8. The summed E-state index contributed by atoms with van der Waals surface area (Å²) in [6.07, 6.45) is 2.48. The molecule has 0 fully saturated rings. The first-order chi connectivity index (χ1) is 12.6. The summed E-state index contributed by atoms with van der Waals surface area (Å²) in [5, 5.41) is 0. The molecule has 1 heterocycles. The van der Waals surface area contributed by atoms with Crippen molar-refractivity contribution in [2.75, 3.05) is 0 Å². The van der Waals surface area contributed by atoms with Crippen LogP contribution in [-0.2, 0) is 20.4 Å². The van der Waals surface area contributed by atoms with E-state index < -0.39 is 5.41 Å². The van der Waals surface area contributed by atoms with Crippen molar-refractivity contribution >= 4 is 17.1 Å². The molecule has 2 aliphatic carbocycles. The van der Waals surface area contributed by atoms with E-state index >= 15 is 0 Å². The molecule has 0 radical (unpaired) electrons. The quantitative estimate of drug-likeness (QED) is 0.756. The second kappa shape index (κ2) is 5.72. The van der Waals surface area contributed by atoms with E-state index in [4.69, 9.17) is 0 Å². The lowest BCUT2D eigenvalue weighted by molar-refractivity contribution is -0.118. The Hall–Kier alpha value is -2.55. The van der Waals surface area contributed by atoms with Gasteiger partial charge in [-0.3, -0.25) is 14.6 Å². The molecule has 138 valence electrons. The lowest BCUT2D eigenvalue weighted by Crippen LogP contribution is -2.32. The number of aromatic nitrogens is 1. The second-order valence-electron chi connectivity index (χ2n) is 8.97. The highest BCUT2D eigenvalue weighted by Crippen LogP contribution is 2.58. The summed E-state index contributed by atoms with van der Waals surface area (Å²) < 4.78 is 0. The summed E-state index contributed by atoms with van der Waals surface area (Å²) in [5.41, 5.74) is 6.50. The summed E-state index contributed by atoms with van der Waals surface area (Å²) in [7, 11) is 0. The highest BCUT2D eigenvalue weighted by atomic mass is 16.1. The van der Waals surface area contributed by atoms with Crippen molar-refractivity contribution in [3.05, 3.63) is 58.8 Å². The molecule has 0 amide bonds. The number of carbonyl (C=O) groups is 2. The van der Waals surface area contributed by atoms with E-state index in [1.54, 1.807) is 13.1 Å². The van der Waals surface area contributed by atoms with Crippen LogP contribution in [-0.4, -0.2) is 16.6 Å². The van der Waals surface area contributed by atoms with Gasteiger partial charge in [0.1, 0.15) is 5.78 Å². The van der Waals surface area contributed by atoms with Crippen LogP contribution in [0.1, 0.15) is 64.2 Å². The van der Waals surface area contributed by atoms with E-state index in [1.165, 1.54) is 5.56 Å². The van der Waals surface area contributed by atoms with Crippen LogP contribution in [0.5, 0.6) is 0 Å². The molecule has 1 aromatic carbocycles. The van der Waals surface area contributed by atoms with Gasteiger partial charge in [-0.2, -0.15) is 0 Å². The van der Waals surface area contributed by atoms with E-state index in [9.17, 15) is 9.59 Å². The molecule has 2 aromatic rings. The SMILES string of the molecule is CC(=O)CC12CC(=O)C(C)=C1c1cc(C(C)(C)C)ccc1-c1ncccc12. The smallest absolute Gasteiger partial charge is 0.160 e. The van der Waals surface area contributed by atoms with E-state index in [0.717, 1.165) is 33.5 Å². The Morgan fingerprint density at radius 1 is 1.19 bits per heavy atom. The van der Waals surface area contributed by atoms with Crippen molar-refractivity contribution in [1.29, 1.82) is 0 Å². The Kier molecular flexibility index (Phi) is 3.78. The first-order valence-corrected chi connectivity index (χ1v) is 9.50. The molecular formula is C24H25NO2. The second-order valence-corrected chi connectivity index (χ2v) is 8.97. The molecule has 2 aliphatic rings. The Labute approximate surface area is 160 Å². The summed E-state index contributed by atoms with van der Waals surface area (Å²) >= 11 is 0. The Morgan fingerprint density at radius 3 is 2.59 bits per heavy atom. The number of Topliss-reactive ketones (excluding diaryl/α,β-unsaturated/α-hetero) is 2. The molecule has 4 rings (SSSR count). The number of fused-ring (bicyclic) bond motifs is 6. The van der Waals surface area contributed by atoms with Crippen LogP contribution < -0.4 is 0 Å². The Morgan fingerprint density at radius 2 is 1.93 bits per heavy atom. The average Bonchev–Trinajstić information content (AvgIpc) is 2.84. The van der Waals surface area contributed by atoms with Crippen LogP contribution in [0.15, 0.2) is 42.1 Å². The number of ketones is 2. The number of hydrogen-bond acceptors (Lipinski definition) is 3. The summed E-state index contributed by atoms with van der Waals surface area (Å²) in [5.74, 6) is 0.232. The van der Waals surface area contributed by atoms with Gasteiger partial charge in [0, 0.05) is 30.0 Å². The molecule has 0 bridgehead atoms. The van der Waals surface area contributed by atoms with Crippen LogP contribution in [0.25, 0.3) is 16.8 Å². The van der Waals surface area contributed by atoms with Crippen LogP contribution in [0.2, 0.25) is 0 Å². The van der Waals surface area contributed by atoms with Crippen molar-refractivity contribution < 1.29 is 9.59 Å². The molecule has 1 aromatic heterocycles. The van der Waals surface area contributed by atoms with Crippen molar-refractivity contribution in [1.82, 2.24) is 4.98 Å². The lowest BCUT2D eigenvalue weighted by Gasteiger charge is -2.39. The largest absolute Gasteiger partial charge is 0.300 e. The lowest BCUT2D eigenvalue weighted by atomic mass is 9.63. The minimum Gasteiger partial charge on any atom is -0.300 e. The first kappa shape index (κ1) is 17.8. The molecule has 27 heavy (non-hydrogen) atoms. The zero-order valence-corrected chi connectivity index (χ0v) is 16.6. The van der Waals surface area contributed by atoms with Gasteiger partial charge in [-0.25, -0.2) is 0 Å². The minimum atomic E-state index is -0.583. The van der Waals surface area contributed by atoms with Crippen molar-refractivity contribution in [2.24, 2.45) is 0 Å². The fourth-order valence-electron chi connectivity index (χ4n) is 4.78. The summed E-state index contributed by atoms with van der Waals surface area (Å²) in [6.45, 7) is 10.1. The third-order valence-electron chi connectivity index (χ3n) is 6.02. The fraction of sp³-hybridized carbons (Fsp3) is 0.375. The first-order valence-electron chi connectivity index (χ1n) is 9.50. The van der Waals surface area contributed by atoms with Crippen LogP contribution in [0.4, 0.5) is 0 Å². The third-order valence-corrected chi connectivity index (χ3v) is 6.02. The van der Waals surface area contributed by atoms with Crippen LogP contribution in [0, 0.1) is 0 Å². The zero-order chi connectivity index (χ0) is 19.6. The van der Waals surface area contributed by atoms with E-state index in [1.807, 2.05) is 19.1 Å². The number of rotatable bonds is 2. The summed E-state index contributed by atoms with van der Waals surface area (Å²) in [6, 6.07) is 10.4. The maximum Gasteiger partial charge on any atom is 0.160 e. The highest BCUT2D eigenvalue weighted by molar-refractivity contribution is 6.14. The van der Waals surface area contributed by atoms with Crippen molar-refractivity contribution in [3.8, 4) is 11.3 Å². The number of carbonyl (C=O) groups excluding carboxylic acids is 2. The maximum atomic E-state index is 12.8. The van der Waals surface area contributed by atoms with Crippen LogP contribution in [0.3, 0.4) is 0 Å². The van der Waals surface area contributed by atoms with Gasteiger partial charge < -0.3 is 0 Å². The molecule has 0 aliphatic heterocycles. The van der Waals surface area contributed by atoms with Gasteiger partial charge in [-0.15, -0.1) is 0 Å². The topological polar surface area (TPSA) is 47.0 Å². The average molecular weight is 359 g/mol. The maximum absolute atomic E-state index is 12.8. The normalized spacial score (nSPS) is 21.0. The van der Waals surface area contributed by atoms with E-state index in [-0.39, 0.29) is 17.0 Å². The monoisotopic (exact) mass is 359 g/mol. The van der Waals surface area contributed by atoms with Crippen molar-refractivity contribution in [3.63, 3.8) is 0 Å². The van der Waals surface area contributed by atoms with Gasteiger partial charge in [0.05, 0.1) is 5.69 Å². The van der Waals surface area contributed by atoms with E-state index in [0.29, 0.717) is 12.8 Å².